The van der Waals surface area contributed by atoms with E-state index in [1.165, 1.54) is 12.1 Å². The molecule has 4 aromatic rings. The number of benzene rings is 2. The number of hydrogen-bond acceptors (Lipinski definition) is 6. The second-order valence-corrected chi connectivity index (χ2v) is 7.57. The lowest BCUT2D eigenvalue weighted by Gasteiger charge is -2.13. The first kappa shape index (κ1) is 21.7. The number of aromatic amines is 1. The molecule has 0 spiro atoms. The maximum Gasteiger partial charge on any atom is 0.241 e. The van der Waals surface area contributed by atoms with Gasteiger partial charge in [-0.3, -0.25) is 10.00 Å². The van der Waals surface area contributed by atoms with E-state index in [0.717, 1.165) is 47.7 Å². The summed E-state index contributed by atoms with van der Waals surface area (Å²) in [5, 5.41) is 11.5. The molecule has 7 nitrogen and oxygen atoms in total. The van der Waals surface area contributed by atoms with Gasteiger partial charge in [-0.05, 0) is 75.8 Å². The summed E-state index contributed by atoms with van der Waals surface area (Å²) < 4.78 is 24.2. The van der Waals surface area contributed by atoms with Crippen molar-refractivity contribution in [3.63, 3.8) is 0 Å². The summed E-state index contributed by atoms with van der Waals surface area (Å²) in [6.45, 7) is 3.94. The zero-order chi connectivity index (χ0) is 22.3. The van der Waals surface area contributed by atoms with Gasteiger partial charge in [0, 0.05) is 11.3 Å². The van der Waals surface area contributed by atoms with Gasteiger partial charge in [0.15, 0.2) is 0 Å². The van der Waals surface area contributed by atoms with Gasteiger partial charge in [-0.15, -0.1) is 0 Å². The van der Waals surface area contributed by atoms with Crippen LogP contribution in [0.1, 0.15) is 24.9 Å². The first-order valence-corrected chi connectivity index (χ1v) is 10.7. The number of hydrogen-bond donors (Lipinski definition) is 1. The highest BCUT2D eigenvalue weighted by Gasteiger charge is 2.14. The molecule has 0 saturated carbocycles. The fourth-order valence-electron chi connectivity index (χ4n) is 3.47. The minimum absolute atomic E-state index is 0.251. The first-order valence-electron chi connectivity index (χ1n) is 10.7. The van der Waals surface area contributed by atoms with E-state index < -0.39 is 0 Å². The van der Waals surface area contributed by atoms with Crippen molar-refractivity contribution in [2.75, 3.05) is 20.2 Å². The molecule has 0 bridgehead atoms. The molecule has 2 aromatic carbocycles. The number of H-pyrrole nitrogens is 1. The molecule has 0 unspecified atom stereocenters. The van der Waals surface area contributed by atoms with Crippen LogP contribution in [0, 0.1) is 5.82 Å². The highest BCUT2D eigenvalue weighted by molar-refractivity contribution is 5.63. The van der Waals surface area contributed by atoms with E-state index in [9.17, 15) is 4.39 Å². The van der Waals surface area contributed by atoms with Gasteiger partial charge < -0.3 is 9.26 Å². The highest BCUT2D eigenvalue weighted by Crippen LogP contribution is 2.27. The van der Waals surface area contributed by atoms with Crippen LogP contribution >= 0.6 is 0 Å². The fraction of sp³-hybridized carbons (Fsp3) is 0.292. The summed E-state index contributed by atoms with van der Waals surface area (Å²) >= 11 is 0. The zero-order valence-corrected chi connectivity index (χ0v) is 18.2. The Kier molecular flexibility index (Phi) is 6.91. The Hall–Kier alpha value is -3.52. The second kappa shape index (κ2) is 10.2. The summed E-state index contributed by atoms with van der Waals surface area (Å²) in [7, 11) is 2.02. The lowest BCUT2D eigenvalue weighted by atomic mass is 10.1. The van der Waals surface area contributed by atoms with Gasteiger partial charge in [0.05, 0.1) is 24.4 Å². The Morgan fingerprint density at radius 1 is 1.12 bits per heavy atom. The van der Waals surface area contributed by atoms with Crippen molar-refractivity contribution in [2.24, 2.45) is 0 Å². The molecule has 0 radical (unpaired) electrons. The van der Waals surface area contributed by atoms with E-state index in [4.69, 9.17) is 9.26 Å². The van der Waals surface area contributed by atoms with Crippen LogP contribution < -0.4 is 4.74 Å². The third-order valence-electron chi connectivity index (χ3n) is 5.06. The Morgan fingerprint density at radius 2 is 1.94 bits per heavy atom. The van der Waals surface area contributed by atoms with E-state index in [0.29, 0.717) is 24.9 Å². The number of para-hydroxylation sites is 1. The average molecular weight is 436 g/mol. The molecule has 0 aliphatic carbocycles. The highest BCUT2D eigenvalue weighted by atomic mass is 19.1. The van der Waals surface area contributed by atoms with Crippen molar-refractivity contribution >= 4 is 0 Å². The minimum atomic E-state index is -0.251. The van der Waals surface area contributed by atoms with E-state index in [1.807, 2.05) is 44.3 Å². The third-order valence-corrected chi connectivity index (χ3v) is 5.06. The predicted octanol–water partition coefficient (Wildman–Crippen LogP) is 4.73. The van der Waals surface area contributed by atoms with E-state index in [-0.39, 0.29) is 5.82 Å². The number of aryl methyl sites for hydroxylation is 1. The number of nitrogens with zero attached hydrogens (tertiary/aromatic N) is 4. The van der Waals surface area contributed by atoms with Gasteiger partial charge in [-0.2, -0.15) is 10.1 Å². The summed E-state index contributed by atoms with van der Waals surface area (Å²) in [6.07, 6.45) is 1.80. The quantitative estimate of drug-likeness (QED) is 0.388. The number of aromatic nitrogens is 4. The van der Waals surface area contributed by atoms with Crippen LogP contribution in [0.2, 0.25) is 0 Å². The molecule has 0 aliphatic rings. The van der Waals surface area contributed by atoms with Crippen molar-refractivity contribution in [2.45, 2.75) is 26.3 Å². The molecule has 0 fully saturated rings. The van der Waals surface area contributed by atoms with Gasteiger partial charge in [0.2, 0.25) is 11.7 Å². The number of nitrogens with one attached hydrogen (secondary N) is 1. The Balaban J connectivity index is 1.28. The summed E-state index contributed by atoms with van der Waals surface area (Å²) in [6, 6.07) is 16.0. The first-order chi connectivity index (χ1) is 15.6. The lowest BCUT2D eigenvalue weighted by Crippen LogP contribution is -2.19. The van der Waals surface area contributed by atoms with Crippen molar-refractivity contribution in [3.8, 4) is 28.4 Å². The van der Waals surface area contributed by atoms with Crippen molar-refractivity contribution in [1.29, 1.82) is 0 Å². The molecule has 0 atom stereocenters. The van der Waals surface area contributed by atoms with E-state index >= 15 is 0 Å². The summed E-state index contributed by atoms with van der Waals surface area (Å²) in [5.41, 5.74) is 3.58. The number of halogens is 1. The fourth-order valence-corrected chi connectivity index (χ4v) is 3.47. The molecule has 4 rings (SSSR count). The molecular weight excluding hydrogens is 409 g/mol. The Bertz CT molecular complexity index is 1140. The van der Waals surface area contributed by atoms with Crippen LogP contribution in [0.25, 0.3) is 22.6 Å². The number of rotatable bonds is 10. The summed E-state index contributed by atoms with van der Waals surface area (Å²) in [4.78, 5) is 6.67. The van der Waals surface area contributed by atoms with Crippen LogP contribution in [0.15, 0.2) is 59.1 Å². The van der Waals surface area contributed by atoms with Gasteiger partial charge in [-0.1, -0.05) is 17.3 Å². The molecule has 166 valence electrons. The molecule has 0 aliphatic heterocycles. The van der Waals surface area contributed by atoms with Gasteiger partial charge in [-0.25, -0.2) is 4.39 Å². The maximum atomic E-state index is 13.1. The minimum Gasteiger partial charge on any atom is -0.493 e. The molecule has 0 saturated heterocycles. The second-order valence-electron chi connectivity index (χ2n) is 7.57. The van der Waals surface area contributed by atoms with Gasteiger partial charge in [0.25, 0.3) is 0 Å². The maximum absolute atomic E-state index is 13.1. The molecule has 0 amide bonds. The SMILES string of the molecule is CCOc1ccccc1-c1noc(CN(C)CCCc2cc(-c3ccc(F)cc3)n[nH]2)n1. The van der Waals surface area contributed by atoms with E-state index in [1.54, 1.807) is 12.1 Å². The van der Waals surface area contributed by atoms with Gasteiger partial charge in [0.1, 0.15) is 11.6 Å². The van der Waals surface area contributed by atoms with Gasteiger partial charge >= 0.3 is 0 Å². The third kappa shape index (κ3) is 5.39. The largest absolute Gasteiger partial charge is 0.493 e. The molecule has 2 aromatic heterocycles. The Labute approximate surface area is 186 Å². The molecule has 32 heavy (non-hydrogen) atoms. The van der Waals surface area contributed by atoms with E-state index in [2.05, 4.69) is 25.2 Å². The normalized spacial score (nSPS) is 11.2. The van der Waals surface area contributed by atoms with Crippen molar-refractivity contribution in [3.05, 3.63) is 72.0 Å². The van der Waals surface area contributed by atoms with Crippen molar-refractivity contribution in [1.82, 2.24) is 25.2 Å². The molecule has 8 heteroatoms. The zero-order valence-electron chi connectivity index (χ0n) is 18.2. The van der Waals surface area contributed by atoms with Crippen LogP contribution in [-0.2, 0) is 13.0 Å². The molecular formula is C24H26FN5O2. The molecule has 2 heterocycles. The van der Waals surface area contributed by atoms with Crippen LogP contribution in [0.5, 0.6) is 5.75 Å². The Morgan fingerprint density at radius 3 is 2.75 bits per heavy atom. The van der Waals surface area contributed by atoms with Crippen LogP contribution in [0.3, 0.4) is 0 Å². The molecule has 1 N–H and O–H groups in total. The number of ether oxygens (including phenoxy) is 1. The topological polar surface area (TPSA) is 80.1 Å². The average Bonchev–Trinajstić information content (AvgIpc) is 3.45. The standard InChI is InChI=1S/C24H26FN5O2/c1-3-31-22-9-5-4-8-20(22)24-26-23(32-29-24)16-30(2)14-6-7-19-15-21(28-27-19)17-10-12-18(25)13-11-17/h4-5,8-13,15H,3,6-7,14,16H2,1-2H3,(H,27,28). The smallest absolute Gasteiger partial charge is 0.241 e. The van der Waals surface area contributed by atoms with Crippen LogP contribution in [0.4, 0.5) is 4.39 Å². The predicted molar refractivity (Wildman–Crippen MR) is 120 cm³/mol. The van der Waals surface area contributed by atoms with Crippen molar-refractivity contribution < 1.29 is 13.7 Å². The lowest BCUT2D eigenvalue weighted by molar-refractivity contribution is 0.264. The monoisotopic (exact) mass is 435 g/mol. The van der Waals surface area contributed by atoms with Crippen LogP contribution in [-0.4, -0.2) is 45.4 Å². The summed E-state index contributed by atoms with van der Waals surface area (Å²) in [5.74, 6) is 1.59.